The van der Waals surface area contributed by atoms with Gasteiger partial charge in [-0.05, 0) is 109 Å². The maximum absolute atomic E-state index is 13.7. The average molecular weight is 1280 g/mol. The maximum Gasteiger partial charge on any atom is 0.472 e. The number of carbonyl (C=O) groups excluding carboxylic acids is 2. The van der Waals surface area contributed by atoms with Gasteiger partial charge < -0.3 is 19.4 Å². The zero-order valence-electron chi connectivity index (χ0n) is 59.9. The highest BCUT2D eigenvalue weighted by Crippen LogP contribution is 2.43. The number of phosphoric ester groups is 1. The van der Waals surface area contributed by atoms with Crippen LogP contribution in [0.1, 0.15) is 348 Å². The summed E-state index contributed by atoms with van der Waals surface area (Å²) in [6.07, 6.45) is 94.3. The number of likely N-dealkylation sites (N-methyl/N-ethyl adjacent to an activating group) is 1. The molecule has 0 aliphatic heterocycles. The minimum absolute atomic E-state index is 0.0370. The number of esters is 1. The largest absolute Gasteiger partial charge is 0.472 e. The van der Waals surface area contributed by atoms with Crippen LogP contribution in [-0.2, 0) is 27.9 Å². The van der Waals surface area contributed by atoms with Gasteiger partial charge in [-0.25, -0.2) is 4.57 Å². The number of quaternary nitrogens is 1. The lowest BCUT2D eigenvalue weighted by Crippen LogP contribution is -2.47. The molecule has 0 saturated carbocycles. The molecular weight excluding hydrogens is 1130 g/mol. The van der Waals surface area contributed by atoms with Crippen molar-refractivity contribution in [2.24, 2.45) is 0 Å². The lowest BCUT2D eigenvalue weighted by Gasteiger charge is -2.27. The van der Waals surface area contributed by atoms with Gasteiger partial charge in [0.1, 0.15) is 19.3 Å². The normalized spacial score (nSPS) is 14.0. The Morgan fingerprint density at radius 3 is 1.09 bits per heavy atom. The molecule has 0 saturated heterocycles. The van der Waals surface area contributed by atoms with Gasteiger partial charge in [0.2, 0.25) is 5.91 Å². The third-order valence-corrected chi connectivity index (χ3v) is 17.7. The van der Waals surface area contributed by atoms with Crippen molar-refractivity contribution in [2.45, 2.75) is 360 Å². The van der Waals surface area contributed by atoms with Gasteiger partial charge in [-0.2, -0.15) is 0 Å². The van der Waals surface area contributed by atoms with E-state index < -0.39 is 20.0 Å². The third kappa shape index (κ3) is 69.3. The maximum atomic E-state index is 13.7. The third-order valence-electron chi connectivity index (χ3n) is 16.8. The topological polar surface area (TPSA) is 111 Å². The summed E-state index contributed by atoms with van der Waals surface area (Å²) >= 11 is 0. The average Bonchev–Trinajstić information content (AvgIpc) is 3.11. The van der Waals surface area contributed by atoms with Crippen molar-refractivity contribution in [3.8, 4) is 0 Å². The molecule has 3 atom stereocenters. The molecule has 2 N–H and O–H groups in total. The van der Waals surface area contributed by atoms with Crippen molar-refractivity contribution >= 4 is 19.7 Å². The van der Waals surface area contributed by atoms with E-state index in [1.165, 1.54) is 205 Å². The number of hydrogen-bond donors (Lipinski definition) is 2. The highest BCUT2D eigenvalue weighted by atomic mass is 31.2. The molecule has 0 aromatic heterocycles. The quantitative estimate of drug-likeness (QED) is 0.0205. The minimum atomic E-state index is -4.46. The van der Waals surface area contributed by atoms with Crippen LogP contribution in [0.2, 0.25) is 0 Å². The van der Waals surface area contributed by atoms with E-state index in [1.54, 1.807) is 0 Å². The first kappa shape index (κ1) is 86.9. The summed E-state index contributed by atoms with van der Waals surface area (Å²) in [7, 11) is 1.49. The van der Waals surface area contributed by atoms with Crippen LogP contribution in [0.15, 0.2) is 97.2 Å². The summed E-state index contributed by atoms with van der Waals surface area (Å²) in [5, 5.41) is 3.08. The summed E-state index contributed by atoms with van der Waals surface area (Å²) in [4.78, 5) is 38.0. The van der Waals surface area contributed by atoms with Crippen LogP contribution in [-0.4, -0.2) is 74.3 Å². The number of carbonyl (C=O) groups is 2. The molecule has 3 unspecified atom stereocenters. The Labute approximate surface area is 558 Å². The Balaban J connectivity index is 4.98. The molecule has 0 radical (unpaired) electrons. The summed E-state index contributed by atoms with van der Waals surface area (Å²) in [5.74, 6) is -0.503. The van der Waals surface area contributed by atoms with Crippen LogP contribution in [0.5, 0.6) is 0 Å². The second-order valence-electron chi connectivity index (χ2n) is 26.8. The van der Waals surface area contributed by atoms with Gasteiger partial charge in [0.25, 0.3) is 0 Å². The second-order valence-corrected chi connectivity index (χ2v) is 28.2. The Hall–Kier alpha value is -3.07. The van der Waals surface area contributed by atoms with Gasteiger partial charge in [0, 0.05) is 12.8 Å². The molecule has 0 aliphatic rings. The van der Waals surface area contributed by atoms with Crippen LogP contribution < -0.4 is 5.32 Å². The van der Waals surface area contributed by atoms with Crippen LogP contribution in [0.4, 0.5) is 0 Å². The molecule has 0 bridgehead atoms. The number of nitrogens with zero attached hydrogens (tertiary/aromatic N) is 1. The summed E-state index contributed by atoms with van der Waals surface area (Å²) < 4.78 is 30.9. The Morgan fingerprint density at radius 1 is 0.400 bits per heavy atom. The zero-order valence-corrected chi connectivity index (χ0v) is 60.8. The molecule has 522 valence electrons. The predicted molar refractivity (Wildman–Crippen MR) is 392 cm³/mol. The molecule has 9 nitrogen and oxygen atoms in total. The van der Waals surface area contributed by atoms with Crippen molar-refractivity contribution in [1.82, 2.24) is 5.32 Å². The summed E-state index contributed by atoms with van der Waals surface area (Å²) in [5.41, 5.74) is 0. The summed E-state index contributed by atoms with van der Waals surface area (Å²) in [6, 6.07) is -0.856. The Kier molecular flexibility index (Phi) is 66.4. The first-order chi connectivity index (χ1) is 43.9. The molecule has 0 heterocycles. The van der Waals surface area contributed by atoms with Crippen LogP contribution in [0, 0.1) is 0 Å². The molecule has 90 heavy (non-hydrogen) atoms. The molecule has 0 fully saturated rings. The van der Waals surface area contributed by atoms with E-state index >= 15 is 0 Å². The highest BCUT2D eigenvalue weighted by Gasteiger charge is 2.30. The van der Waals surface area contributed by atoms with E-state index in [1.807, 2.05) is 33.3 Å². The monoisotopic (exact) mass is 1280 g/mol. The van der Waals surface area contributed by atoms with Gasteiger partial charge in [0.05, 0.1) is 33.8 Å². The van der Waals surface area contributed by atoms with Gasteiger partial charge >= 0.3 is 13.8 Å². The molecular formula is C80H146N2O7P+. The lowest BCUT2D eigenvalue weighted by molar-refractivity contribution is -0.870. The molecule has 0 aromatic rings. The first-order valence-corrected chi connectivity index (χ1v) is 39.6. The fraction of sp³-hybridized carbons (Fsp3) is 0.775. The number of ether oxygens (including phenoxy) is 1. The molecule has 0 aromatic carbocycles. The fourth-order valence-electron chi connectivity index (χ4n) is 10.9. The second kappa shape index (κ2) is 68.8. The lowest BCUT2D eigenvalue weighted by atomic mass is 10.0. The van der Waals surface area contributed by atoms with Crippen molar-refractivity contribution in [3.05, 3.63) is 97.2 Å². The van der Waals surface area contributed by atoms with Crippen molar-refractivity contribution in [1.29, 1.82) is 0 Å². The fourth-order valence-corrected chi connectivity index (χ4v) is 11.7. The molecule has 0 spiro atoms. The van der Waals surface area contributed by atoms with Crippen molar-refractivity contribution in [2.75, 3.05) is 40.9 Å². The zero-order chi connectivity index (χ0) is 65.6. The van der Waals surface area contributed by atoms with Crippen LogP contribution in [0.3, 0.4) is 0 Å². The van der Waals surface area contributed by atoms with Crippen molar-refractivity contribution in [3.63, 3.8) is 0 Å². The van der Waals surface area contributed by atoms with Crippen LogP contribution in [0.25, 0.3) is 0 Å². The molecule has 10 heteroatoms. The Morgan fingerprint density at radius 2 is 0.711 bits per heavy atom. The van der Waals surface area contributed by atoms with Gasteiger partial charge in [0.15, 0.2) is 0 Å². The Bertz CT molecular complexity index is 1860. The standard InChI is InChI=1S/C80H145N2O7P/c1-7-10-13-16-19-22-25-28-30-32-34-36-38-40-41-43-44-46-48-50-52-54-57-60-63-66-69-72-79(83)81-77(76-88-90(85,86)87-75-74-82(4,5)6)78(71-68-65-62-59-56-27-24-21-18-15-12-9-3)89-80(84)73-70-67-64-61-58-55-53-51-49-47-45-42-39-37-35-33-31-29-26-23-20-17-14-11-8-2/h11,14,19-20,22-23,28-31,35,37,42,45,68,71,77-78H,7-10,12-13,15-18,21,24-27,32-34,36,38-41,43-44,46-67,69-70,72-76H2,1-6H3,(H-,81,83,85,86)/p+1/b14-11-,22-19-,23-20-,30-28-,31-29-,37-35-,45-42-,71-68+. The van der Waals surface area contributed by atoms with E-state index in [9.17, 15) is 19.0 Å². The number of unbranched alkanes of at least 4 members (excludes halogenated alkanes) is 39. The highest BCUT2D eigenvalue weighted by molar-refractivity contribution is 7.47. The smallest absolute Gasteiger partial charge is 0.456 e. The van der Waals surface area contributed by atoms with Gasteiger partial charge in [-0.3, -0.25) is 18.6 Å². The van der Waals surface area contributed by atoms with E-state index in [0.717, 1.165) is 109 Å². The SMILES string of the molecule is CC/C=C\C/C=C\C/C=C\C/C=C\C/C=C\CCCCCCCCCCCC(=O)OC(/C=C/CCCCCCCCCCCC)C(COP(=O)(O)OCC[N+](C)(C)C)NC(=O)CCCCCCCCCCCCCCCCCCC/C=C\C/C=C\CCCCC. The summed E-state index contributed by atoms with van der Waals surface area (Å²) in [6.45, 7) is 6.91. The van der Waals surface area contributed by atoms with E-state index in [0.29, 0.717) is 17.4 Å². The van der Waals surface area contributed by atoms with Gasteiger partial charge in [-0.1, -0.05) is 324 Å². The minimum Gasteiger partial charge on any atom is -0.456 e. The molecule has 0 aliphatic carbocycles. The molecule has 1 amide bonds. The van der Waals surface area contributed by atoms with Crippen molar-refractivity contribution < 1.29 is 37.3 Å². The van der Waals surface area contributed by atoms with Gasteiger partial charge in [-0.15, -0.1) is 0 Å². The van der Waals surface area contributed by atoms with E-state index in [2.05, 4.69) is 111 Å². The number of allylic oxidation sites excluding steroid dienone is 15. The number of rotatable bonds is 69. The first-order valence-electron chi connectivity index (χ1n) is 38.1. The number of amides is 1. The number of hydrogen-bond acceptors (Lipinski definition) is 6. The van der Waals surface area contributed by atoms with E-state index in [-0.39, 0.29) is 31.5 Å². The predicted octanol–water partition coefficient (Wildman–Crippen LogP) is 24.6. The van der Waals surface area contributed by atoms with E-state index in [4.69, 9.17) is 13.8 Å². The van der Waals surface area contributed by atoms with Crippen LogP contribution >= 0.6 is 7.82 Å². The molecule has 0 rings (SSSR count). The number of phosphoric acid groups is 1. The number of nitrogens with one attached hydrogen (secondary N) is 1.